The van der Waals surface area contributed by atoms with E-state index >= 15 is 0 Å². The molecule has 0 fully saturated rings. The van der Waals surface area contributed by atoms with Gasteiger partial charge in [-0.3, -0.25) is 4.79 Å². The number of hydrogen-bond acceptors (Lipinski definition) is 6. The van der Waals surface area contributed by atoms with E-state index in [1.165, 1.54) is 23.1 Å². The lowest BCUT2D eigenvalue weighted by atomic mass is 10.1. The second kappa shape index (κ2) is 8.14. The Morgan fingerprint density at radius 3 is 2.64 bits per heavy atom. The van der Waals surface area contributed by atoms with Crippen LogP contribution in [0.15, 0.2) is 34.7 Å². The van der Waals surface area contributed by atoms with E-state index < -0.39 is 0 Å². The van der Waals surface area contributed by atoms with Crippen LogP contribution in [-0.4, -0.2) is 27.9 Å². The molecule has 22 heavy (non-hydrogen) atoms. The maximum absolute atomic E-state index is 12.0. The molecule has 0 aliphatic rings. The van der Waals surface area contributed by atoms with E-state index in [1.54, 1.807) is 0 Å². The second-order valence-corrected chi connectivity index (χ2v) is 7.36. The molecule has 2 N–H and O–H groups in total. The smallest absolute Gasteiger partial charge is 0.230 e. The van der Waals surface area contributed by atoms with Crippen LogP contribution in [0.1, 0.15) is 32.4 Å². The summed E-state index contributed by atoms with van der Waals surface area (Å²) in [7, 11) is 0. The molecule has 0 radical (unpaired) electrons. The standard InChI is InChI=1S/C15H20N4OS2/c1-10(2)16-14-18-19-15(22-14)21-9-13(20)17-11(3)12-7-5-4-6-8-12/h4-8,10-11H,9H2,1-3H3,(H,16,18)(H,17,20)/t11-/m1/s1. The molecule has 1 aromatic carbocycles. The first-order valence-corrected chi connectivity index (χ1v) is 8.92. The van der Waals surface area contributed by atoms with E-state index in [0.29, 0.717) is 11.8 Å². The third-order valence-corrected chi connectivity index (χ3v) is 4.81. The first-order chi connectivity index (χ1) is 10.5. The Balaban J connectivity index is 1.79. The summed E-state index contributed by atoms with van der Waals surface area (Å²) >= 11 is 2.87. The van der Waals surface area contributed by atoms with E-state index in [4.69, 9.17) is 0 Å². The molecule has 0 unspecified atom stereocenters. The Morgan fingerprint density at radius 1 is 1.23 bits per heavy atom. The Bertz CT molecular complexity index is 601. The van der Waals surface area contributed by atoms with Crippen molar-refractivity contribution in [1.29, 1.82) is 0 Å². The zero-order valence-electron chi connectivity index (χ0n) is 12.9. The molecule has 0 saturated heterocycles. The lowest BCUT2D eigenvalue weighted by Gasteiger charge is -2.13. The van der Waals surface area contributed by atoms with Gasteiger partial charge in [-0.25, -0.2) is 0 Å². The van der Waals surface area contributed by atoms with Gasteiger partial charge in [-0.2, -0.15) is 0 Å². The first kappa shape index (κ1) is 16.8. The summed E-state index contributed by atoms with van der Waals surface area (Å²) in [6.07, 6.45) is 0. The summed E-state index contributed by atoms with van der Waals surface area (Å²) in [4.78, 5) is 12.0. The predicted molar refractivity (Wildman–Crippen MR) is 92.4 cm³/mol. The van der Waals surface area contributed by atoms with Gasteiger partial charge < -0.3 is 10.6 Å². The molecule has 118 valence electrons. The van der Waals surface area contributed by atoms with Gasteiger partial charge in [-0.1, -0.05) is 53.4 Å². The van der Waals surface area contributed by atoms with Crippen LogP contribution in [0, 0.1) is 0 Å². The maximum atomic E-state index is 12.0. The van der Waals surface area contributed by atoms with Crippen molar-refractivity contribution >= 4 is 34.1 Å². The van der Waals surface area contributed by atoms with Gasteiger partial charge in [0.05, 0.1) is 11.8 Å². The Kier molecular flexibility index (Phi) is 6.21. The van der Waals surface area contributed by atoms with Gasteiger partial charge in [-0.05, 0) is 26.3 Å². The fourth-order valence-electron chi connectivity index (χ4n) is 1.81. The highest BCUT2D eigenvalue weighted by atomic mass is 32.2. The lowest BCUT2D eigenvalue weighted by Crippen LogP contribution is -2.28. The molecule has 0 spiro atoms. The van der Waals surface area contributed by atoms with Gasteiger partial charge in [0.15, 0.2) is 4.34 Å². The number of aromatic nitrogens is 2. The van der Waals surface area contributed by atoms with E-state index in [1.807, 2.05) is 51.1 Å². The van der Waals surface area contributed by atoms with Crippen molar-refractivity contribution in [3.05, 3.63) is 35.9 Å². The van der Waals surface area contributed by atoms with E-state index in [-0.39, 0.29) is 11.9 Å². The molecule has 1 atom stereocenters. The van der Waals surface area contributed by atoms with Crippen molar-refractivity contribution in [1.82, 2.24) is 15.5 Å². The number of carbonyl (C=O) groups excluding carboxylic acids is 1. The Labute approximate surface area is 138 Å². The molecular formula is C15H20N4OS2. The summed E-state index contributed by atoms with van der Waals surface area (Å²) in [5, 5.41) is 15.1. The molecule has 1 heterocycles. The minimum absolute atomic E-state index is 0.00175. The molecular weight excluding hydrogens is 316 g/mol. The molecule has 5 nitrogen and oxygen atoms in total. The van der Waals surface area contributed by atoms with Crippen LogP contribution in [-0.2, 0) is 4.79 Å². The van der Waals surface area contributed by atoms with Crippen LogP contribution in [0.4, 0.5) is 5.13 Å². The number of thioether (sulfide) groups is 1. The number of anilines is 1. The Hall–Kier alpha value is -1.60. The van der Waals surface area contributed by atoms with Crippen molar-refractivity contribution in [2.45, 2.75) is 37.2 Å². The van der Waals surface area contributed by atoms with Crippen LogP contribution in [0.25, 0.3) is 0 Å². The number of amides is 1. The molecule has 2 rings (SSSR count). The number of rotatable bonds is 7. The lowest BCUT2D eigenvalue weighted by molar-refractivity contribution is -0.119. The van der Waals surface area contributed by atoms with Gasteiger partial charge in [0, 0.05) is 6.04 Å². The quantitative estimate of drug-likeness (QED) is 0.759. The molecule has 0 aliphatic heterocycles. The molecule has 1 aromatic heterocycles. The maximum Gasteiger partial charge on any atom is 0.230 e. The monoisotopic (exact) mass is 336 g/mol. The van der Waals surface area contributed by atoms with E-state index in [0.717, 1.165) is 15.0 Å². The highest BCUT2D eigenvalue weighted by molar-refractivity contribution is 8.01. The summed E-state index contributed by atoms with van der Waals surface area (Å²) in [6, 6.07) is 10.2. The minimum atomic E-state index is -0.00470. The number of hydrogen-bond donors (Lipinski definition) is 2. The van der Waals surface area contributed by atoms with Crippen molar-refractivity contribution < 1.29 is 4.79 Å². The highest BCUT2D eigenvalue weighted by Gasteiger charge is 2.11. The van der Waals surface area contributed by atoms with Crippen LogP contribution in [0.5, 0.6) is 0 Å². The van der Waals surface area contributed by atoms with Crippen LogP contribution >= 0.6 is 23.1 Å². The van der Waals surface area contributed by atoms with Crippen molar-refractivity contribution in [2.24, 2.45) is 0 Å². The van der Waals surface area contributed by atoms with Gasteiger partial charge in [0.1, 0.15) is 0 Å². The fourth-order valence-corrected chi connectivity index (χ4v) is 3.52. The van der Waals surface area contributed by atoms with Gasteiger partial charge in [0.25, 0.3) is 0 Å². The molecule has 0 saturated carbocycles. The predicted octanol–water partition coefficient (Wildman–Crippen LogP) is 3.33. The minimum Gasteiger partial charge on any atom is -0.358 e. The molecule has 1 amide bonds. The fraction of sp³-hybridized carbons (Fsp3) is 0.400. The second-order valence-electron chi connectivity index (χ2n) is 5.16. The third-order valence-electron chi connectivity index (χ3n) is 2.82. The van der Waals surface area contributed by atoms with Gasteiger partial charge >= 0.3 is 0 Å². The zero-order valence-corrected chi connectivity index (χ0v) is 14.5. The Morgan fingerprint density at radius 2 is 1.95 bits per heavy atom. The number of benzene rings is 1. The average Bonchev–Trinajstić information content (AvgIpc) is 2.93. The summed E-state index contributed by atoms with van der Waals surface area (Å²) in [6.45, 7) is 6.08. The largest absolute Gasteiger partial charge is 0.358 e. The van der Waals surface area contributed by atoms with Crippen molar-refractivity contribution in [3.8, 4) is 0 Å². The van der Waals surface area contributed by atoms with Crippen molar-refractivity contribution in [3.63, 3.8) is 0 Å². The van der Waals surface area contributed by atoms with E-state index in [9.17, 15) is 4.79 Å². The first-order valence-electron chi connectivity index (χ1n) is 7.11. The summed E-state index contributed by atoms with van der Waals surface area (Å²) in [5.74, 6) is 0.336. The number of carbonyl (C=O) groups is 1. The SMILES string of the molecule is CC(C)Nc1nnc(SCC(=O)N[C@H](C)c2ccccc2)s1. The normalized spacial score (nSPS) is 12.2. The van der Waals surface area contributed by atoms with Crippen LogP contribution in [0.2, 0.25) is 0 Å². The molecule has 7 heteroatoms. The van der Waals surface area contributed by atoms with Crippen LogP contribution in [0.3, 0.4) is 0 Å². The third kappa shape index (κ3) is 5.31. The molecule has 2 aromatic rings. The number of nitrogens with zero attached hydrogens (tertiary/aromatic N) is 2. The topological polar surface area (TPSA) is 66.9 Å². The number of nitrogens with one attached hydrogen (secondary N) is 2. The zero-order chi connectivity index (χ0) is 15.9. The van der Waals surface area contributed by atoms with E-state index in [2.05, 4.69) is 20.8 Å². The van der Waals surface area contributed by atoms with Gasteiger partial charge in [-0.15, -0.1) is 10.2 Å². The van der Waals surface area contributed by atoms with Gasteiger partial charge in [0.2, 0.25) is 11.0 Å². The summed E-state index contributed by atoms with van der Waals surface area (Å²) in [5.41, 5.74) is 1.10. The molecule has 0 aliphatic carbocycles. The molecule has 0 bridgehead atoms. The average molecular weight is 336 g/mol. The van der Waals surface area contributed by atoms with Crippen LogP contribution < -0.4 is 10.6 Å². The highest BCUT2D eigenvalue weighted by Crippen LogP contribution is 2.25. The summed E-state index contributed by atoms with van der Waals surface area (Å²) < 4.78 is 0.797. The van der Waals surface area contributed by atoms with Crippen molar-refractivity contribution in [2.75, 3.05) is 11.1 Å².